The van der Waals surface area contributed by atoms with E-state index < -0.39 is 6.04 Å². The summed E-state index contributed by atoms with van der Waals surface area (Å²) in [5.41, 5.74) is 2.73. The van der Waals surface area contributed by atoms with Crippen molar-refractivity contribution in [2.45, 2.75) is 31.8 Å². The molecule has 1 aliphatic rings. The number of hydrogen-bond donors (Lipinski definition) is 1. The number of amides is 1. The molecule has 2 aromatic rings. The molecule has 0 aromatic heterocycles. The number of piperidine rings is 1. The van der Waals surface area contributed by atoms with Gasteiger partial charge in [-0.25, -0.2) is 4.79 Å². The molecule has 5 nitrogen and oxygen atoms in total. The highest BCUT2D eigenvalue weighted by Crippen LogP contribution is 2.21. The summed E-state index contributed by atoms with van der Waals surface area (Å²) in [6, 6.07) is 16.9. The Bertz CT molecular complexity index is 783. The molecule has 1 amide bonds. The normalized spacial score (nSPS) is 16.0. The smallest absolute Gasteiger partial charge is 0.327 e. The molecular formula is C22H26N2O3. The van der Waals surface area contributed by atoms with Gasteiger partial charge in [-0.3, -0.25) is 10.1 Å². The first kappa shape index (κ1) is 19.1. The summed E-state index contributed by atoms with van der Waals surface area (Å²) >= 11 is 0. The highest BCUT2D eigenvalue weighted by atomic mass is 16.5. The third kappa shape index (κ3) is 4.74. The van der Waals surface area contributed by atoms with Gasteiger partial charge in [-0.15, -0.1) is 0 Å². The fourth-order valence-corrected chi connectivity index (χ4v) is 3.52. The van der Waals surface area contributed by atoms with Crippen LogP contribution in [0.3, 0.4) is 0 Å². The van der Waals surface area contributed by atoms with E-state index in [1.165, 1.54) is 7.11 Å². The van der Waals surface area contributed by atoms with E-state index >= 15 is 0 Å². The van der Waals surface area contributed by atoms with Crippen molar-refractivity contribution >= 4 is 11.9 Å². The largest absolute Gasteiger partial charge is 0.468 e. The summed E-state index contributed by atoms with van der Waals surface area (Å²) in [4.78, 5) is 26.8. The van der Waals surface area contributed by atoms with Gasteiger partial charge in [0.2, 0.25) is 0 Å². The number of esters is 1. The minimum atomic E-state index is -0.490. The SMILES string of the molecule is COC(=O)[C@H](NC1CCN(C(=O)c2ccccc2)CC1)c1cccc(C)c1. The molecule has 1 N–H and O–H groups in total. The first-order valence-electron chi connectivity index (χ1n) is 9.33. The van der Waals surface area contributed by atoms with E-state index in [4.69, 9.17) is 4.74 Å². The Labute approximate surface area is 160 Å². The average Bonchev–Trinajstić information content (AvgIpc) is 2.72. The quantitative estimate of drug-likeness (QED) is 0.826. The molecule has 3 rings (SSSR count). The van der Waals surface area contributed by atoms with Crippen molar-refractivity contribution in [1.82, 2.24) is 10.2 Å². The molecule has 1 heterocycles. The lowest BCUT2D eigenvalue weighted by molar-refractivity contribution is -0.143. The second-order valence-corrected chi connectivity index (χ2v) is 6.97. The summed E-state index contributed by atoms with van der Waals surface area (Å²) in [5, 5.41) is 3.44. The van der Waals surface area contributed by atoms with Crippen LogP contribution in [0.2, 0.25) is 0 Å². The van der Waals surface area contributed by atoms with Crippen LogP contribution in [0.4, 0.5) is 0 Å². The Morgan fingerprint density at radius 3 is 2.41 bits per heavy atom. The summed E-state index contributed by atoms with van der Waals surface area (Å²) in [6.45, 7) is 3.35. The summed E-state index contributed by atoms with van der Waals surface area (Å²) in [5.74, 6) is -0.222. The third-order valence-electron chi connectivity index (χ3n) is 5.02. The molecule has 142 valence electrons. The van der Waals surface area contributed by atoms with Crippen molar-refractivity contribution in [2.24, 2.45) is 0 Å². The maximum Gasteiger partial charge on any atom is 0.327 e. The number of likely N-dealkylation sites (tertiary alicyclic amines) is 1. The van der Waals surface area contributed by atoms with E-state index in [0.717, 1.165) is 29.5 Å². The molecule has 0 saturated carbocycles. The van der Waals surface area contributed by atoms with Crippen LogP contribution >= 0.6 is 0 Å². The number of hydrogen-bond acceptors (Lipinski definition) is 4. The molecule has 0 bridgehead atoms. The van der Waals surface area contributed by atoms with Gasteiger partial charge in [0, 0.05) is 24.7 Å². The fourth-order valence-electron chi connectivity index (χ4n) is 3.52. The monoisotopic (exact) mass is 366 g/mol. The number of rotatable bonds is 5. The standard InChI is InChI=1S/C22H26N2O3/c1-16-7-6-10-18(15-16)20(22(26)27-2)23-19-11-13-24(14-12-19)21(25)17-8-4-3-5-9-17/h3-10,15,19-20,23H,11-14H2,1-2H3/t20-/m1/s1. The molecule has 0 radical (unpaired) electrons. The van der Waals surface area contributed by atoms with Crippen molar-refractivity contribution in [3.63, 3.8) is 0 Å². The van der Waals surface area contributed by atoms with E-state index in [1.807, 2.05) is 66.4 Å². The number of nitrogens with one attached hydrogen (secondary N) is 1. The molecule has 1 atom stereocenters. The van der Waals surface area contributed by atoms with Crippen LogP contribution in [0, 0.1) is 6.92 Å². The molecular weight excluding hydrogens is 340 g/mol. The van der Waals surface area contributed by atoms with Gasteiger partial charge in [-0.05, 0) is 37.5 Å². The summed E-state index contributed by atoms with van der Waals surface area (Å²) in [7, 11) is 1.41. The van der Waals surface area contributed by atoms with Crippen LogP contribution in [0.1, 0.15) is 40.4 Å². The highest BCUT2D eigenvalue weighted by molar-refractivity contribution is 5.94. The van der Waals surface area contributed by atoms with E-state index in [2.05, 4.69) is 5.32 Å². The van der Waals surface area contributed by atoms with Crippen LogP contribution in [0.15, 0.2) is 54.6 Å². The molecule has 1 fully saturated rings. The number of benzene rings is 2. The predicted molar refractivity (Wildman–Crippen MR) is 104 cm³/mol. The number of aryl methyl sites for hydroxylation is 1. The van der Waals surface area contributed by atoms with Crippen molar-refractivity contribution in [2.75, 3.05) is 20.2 Å². The second kappa shape index (κ2) is 8.82. The maximum atomic E-state index is 12.6. The van der Waals surface area contributed by atoms with E-state index in [0.29, 0.717) is 13.1 Å². The van der Waals surface area contributed by atoms with Gasteiger partial charge in [0.1, 0.15) is 6.04 Å². The lowest BCUT2D eigenvalue weighted by Crippen LogP contribution is -2.47. The molecule has 0 spiro atoms. The molecule has 1 saturated heterocycles. The Kier molecular flexibility index (Phi) is 6.24. The molecule has 2 aromatic carbocycles. The van der Waals surface area contributed by atoms with Gasteiger partial charge in [-0.2, -0.15) is 0 Å². The average molecular weight is 366 g/mol. The van der Waals surface area contributed by atoms with Gasteiger partial charge in [0.05, 0.1) is 7.11 Å². The van der Waals surface area contributed by atoms with E-state index in [-0.39, 0.29) is 17.9 Å². The number of carbonyl (C=O) groups is 2. The Morgan fingerprint density at radius 1 is 1.07 bits per heavy atom. The predicted octanol–water partition coefficient (Wildman–Crippen LogP) is 3.10. The highest BCUT2D eigenvalue weighted by Gasteiger charge is 2.29. The summed E-state index contributed by atoms with van der Waals surface area (Å²) < 4.78 is 5.00. The Morgan fingerprint density at radius 2 is 1.78 bits per heavy atom. The van der Waals surface area contributed by atoms with Gasteiger partial charge in [0.15, 0.2) is 0 Å². The molecule has 0 unspecified atom stereocenters. The minimum absolute atomic E-state index is 0.0669. The maximum absolute atomic E-state index is 12.6. The summed E-state index contributed by atoms with van der Waals surface area (Å²) in [6.07, 6.45) is 1.61. The van der Waals surface area contributed by atoms with Crippen LogP contribution in [0.5, 0.6) is 0 Å². The number of nitrogens with zero attached hydrogens (tertiary/aromatic N) is 1. The minimum Gasteiger partial charge on any atom is -0.468 e. The first-order valence-corrected chi connectivity index (χ1v) is 9.33. The third-order valence-corrected chi connectivity index (χ3v) is 5.02. The van der Waals surface area contributed by atoms with Crippen LogP contribution < -0.4 is 5.32 Å². The zero-order valence-corrected chi connectivity index (χ0v) is 15.9. The molecule has 5 heteroatoms. The van der Waals surface area contributed by atoms with Crippen molar-refractivity contribution in [3.05, 3.63) is 71.3 Å². The number of carbonyl (C=O) groups excluding carboxylic acids is 2. The lowest BCUT2D eigenvalue weighted by atomic mass is 9.99. The van der Waals surface area contributed by atoms with Crippen LogP contribution in [0.25, 0.3) is 0 Å². The Balaban J connectivity index is 1.62. The zero-order chi connectivity index (χ0) is 19.2. The lowest BCUT2D eigenvalue weighted by Gasteiger charge is -2.34. The van der Waals surface area contributed by atoms with E-state index in [9.17, 15) is 9.59 Å². The molecule has 0 aliphatic carbocycles. The fraction of sp³-hybridized carbons (Fsp3) is 0.364. The van der Waals surface area contributed by atoms with Crippen molar-refractivity contribution in [3.8, 4) is 0 Å². The van der Waals surface area contributed by atoms with Gasteiger partial charge in [0.25, 0.3) is 5.91 Å². The van der Waals surface area contributed by atoms with Crippen LogP contribution in [-0.2, 0) is 9.53 Å². The van der Waals surface area contributed by atoms with Gasteiger partial charge >= 0.3 is 5.97 Å². The van der Waals surface area contributed by atoms with Gasteiger partial charge in [-0.1, -0.05) is 48.0 Å². The van der Waals surface area contributed by atoms with E-state index in [1.54, 1.807) is 0 Å². The number of methoxy groups -OCH3 is 1. The first-order chi connectivity index (χ1) is 13.1. The topological polar surface area (TPSA) is 58.6 Å². The van der Waals surface area contributed by atoms with Crippen LogP contribution in [-0.4, -0.2) is 43.0 Å². The molecule has 27 heavy (non-hydrogen) atoms. The number of ether oxygens (including phenoxy) is 1. The Hall–Kier alpha value is -2.66. The zero-order valence-electron chi connectivity index (χ0n) is 15.9. The molecule has 1 aliphatic heterocycles. The van der Waals surface area contributed by atoms with Crippen molar-refractivity contribution in [1.29, 1.82) is 0 Å². The van der Waals surface area contributed by atoms with Crippen molar-refractivity contribution < 1.29 is 14.3 Å². The van der Waals surface area contributed by atoms with Gasteiger partial charge < -0.3 is 9.64 Å². The second-order valence-electron chi connectivity index (χ2n) is 6.97.